The summed E-state index contributed by atoms with van der Waals surface area (Å²) in [6.45, 7) is 1.55. The summed E-state index contributed by atoms with van der Waals surface area (Å²) in [6, 6.07) is 6.64. The molecule has 0 saturated heterocycles. The van der Waals surface area contributed by atoms with Gasteiger partial charge >= 0.3 is 5.97 Å². The summed E-state index contributed by atoms with van der Waals surface area (Å²) in [5.74, 6) is -1.02. The number of carboxylic acids is 1. The number of benzene rings is 1. The molecule has 5 heteroatoms. The Morgan fingerprint density at radius 1 is 1.53 bits per heavy atom. The van der Waals surface area contributed by atoms with Gasteiger partial charge in [0.05, 0.1) is 11.5 Å². The van der Waals surface area contributed by atoms with E-state index in [2.05, 4.69) is 0 Å². The number of nitriles is 1. The zero-order chi connectivity index (χ0) is 13.1. The van der Waals surface area contributed by atoms with Crippen LogP contribution < -0.4 is 0 Å². The van der Waals surface area contributed by atoms with Crippen molar-refractivity contribution in [2.24, 2.45) is 0 Å². The van der Waals surface area contributed by atoms with Crippen molar-refractivity contribution in [1.82, 2.24) is 0 Å². The molecule has 0 aromatic heterocycles. The fourth-order valence-corrected chi connectivity index (χ4v) is 2.08. The van der Waals surface area contributed by atoms with Gasteiger partial charge in [-0.3, -0.25) is 4.79 Å². The molecule has 0 radical (unpaired) electrons. The normalized spacial score (nSPS) is 13.8. The third-order valence-electron chi connectivity index (χ3n) is 2.73. The van der Waals surface area contributed by atoms with Crippen LogP contribution in [0.3, 0.4) is 0 Å². The molecule has 90 valence electrons. The van der Waals surface area contributed by atoms with Crippen molar-refractivity contribution in [2.75, 3.05) is 0 Å². The van der Waals surface area contributed by atoms with E-state index in [1.807, 2.05) is 6.07 Å². The van der Waals surface area contributed by atoms with Crippen LogP contribution in [-0.4, -0.2) is 11.1 Å². The molecule has 3 nitrogen and oxygen atoms in total. The molecule has 0 aliphatic heterocycles. The quantitative estimate of drug-likeness (QED) is 0.910. The molecule has 0 heterocycles. The van der Waals surface area contributed by atoms with Gasteiger partial charge in [0.1, 0.15) is 0 Å². The van der Waals surface area contributed by atoms with Gasteiger partial charge in [-0.15, -0.1) is 0 Å². The van der Waals surface area contributed by atoms with E-state index < -0.39 is 11.4 Å². The Bertz CT molecular complexity index is 482. The minimum absolute atomic E-state index is 0.144. The van der Waals surface area contributed by atoms with Crippen LogP contribution in [0.15, 0.2) is 18.2 Å². The first kappa shape index (κ1) is 13.8. The van der Waals surface area contributed by atoms with Gasteiger partial charge in [0.25, 0.3) is 0 Å². The second-order valence-electron chi connectivity index (χ2n) is 3.92. The van der Waals surface area contributed by atoms with Crippen LogP contribution in [0.4, 0.5) is 0 Å². The Labute approximate surface area is 110 Å². The van der Waals surface area contributed by atoms with Crippen molar-refractivity contribution in [3.63, 3.8) is 0 Å². The van der Waals surface area contributed by atoms with Gasteiger partial charge in [-0.2, -0.15) is 5.26 Å². The molecule has 1 rings (SSSR count). The number of rotatable bonds is 4. The molecule has 1 N–H and O–H groups in total. The summed E-state index contributed by atoms with van der Waals surface area (Å²) in [5.41, 5.74) is -0.757. The maximum Gasteiger partial charge on any atom is 0.313 e. The molecule has 0 saturated carbocycles. The first-order valence-corrected chi connectivity index (χ1v) is 5.73. The number of halogens is 2. The Kier molecular flexibility index (Phi) is 4.39. The molecule has 0 spiro atoms. The zero-order valence-electron chi connectivity index (χ0n) is 9.20. The number of nitrogens with zero attached hydrogens (tertiary/aromatic N) is 1. The monoisotopic (exact) mass is 271 g/mol. The van der Waals surface area contributed by atoms with Gasteiger partial charge in [-0.05, 0) is 37.1 Å². The van der Waals surface area contributed by atoms with Gasteiger partial charge in [-0.25, -0.2) is 0 Å². The van der Waals surface area contributed by atoms with E-state index in [9.17, 15) is 9.90 Å². The van der Waals surface area contributed by atoms with E-state index in [-0.39, 0.29) is 12.8 Å². The number of hydrogen-bond acceptors (Lipinski definition) is 2. The predicted octanol–water partition coefficient (Wildman–Crippen LogP) is 3.64. The summed E-state index contributed by atoms with van der Waals surface area (Å²) >= 11 is 11.8. The number of carboxylic acid groups (broad SMARTS) is 1. The van der Waals surface area contributed by atoms with Crippen LogP contribution in [0.2, 0.25) is 10.0 Å². The van der Waals surface area contributed by atoms with E-state index in [0.717, 1.165) is 0 Å². The standard InChI is InChI=1S/C12H11Cl2NO2/c1-12(11(16)17,5-2-6-15)9-7-8(13)3-4-10(9)14/h3-4,7H,2,5H2,1H3,(H,16,17). The summed E-state index contributed by atoms with van der Waals surface area (Å²) < 4.78 is 0. The van der Waals surface area contributed by atoms with Gasteiger partial charge in [-0.1, -0.05) is 23.2 Å². The smallest absolute Gasteiger partial charge is 0.313 e. The lowest BCUT2D eigenvalue weighted by molar-refractivity contribution is -0.143. The Hall–Kier alpha value is -1.24. The average molecular weight is 272 g/mol. The Balaban J connectivity index is 3.27. The molecule has 0 fully saturated rings. The van der Waals surface area contributed by atoms with Gasteiger partial charge in [0.15, 0.2) is 0 Å². The van der Waals surface area contributed by atoms with Gasteiger partial charge in [0, 0.05) is 16.5 Å². The van der Waals surface area contributed by atoms with Crippen LogP contribution in [0.25, 0.3) is 0 Å². The highest BCUT2D eigenvalue weighted by atomic mass is 35.5. The Morgan fingerprint density at radius 3 is 2.71 bits per heavy atom. The van der Waals surface area contributed by atoms with E-state index >= 15 is 0 Å². The van der Waals surface area contributed by atoms with E-state index in [0.29, 0.717) is 15.6 Å². The topological polar surface area (TPSA) is 61.1 Å². The molecular weight excluding hydrogens is 261 g/mol. The van der Waals surface area contributed by atoms with Crippen LogP contribution in [0, 0.1) is 11.3 Å². The second-order valence-corrected chi connectivity index (χ2v) is 4.76. The molecule has 1 aromatic carbocycles. The lowest BCUT2D eigenvalue weighted by Crippen LogP contribution is -2.32. The number of hydrogen-bond donors (Lipinski definition) is 1. The van der Waals surface area contributed by atoms with Crippen molar-refractivity contribution in [2.45, 2.75) is 25.2 Å². The molecule has 0 bridgehead atoms. The van der Waals surface area contributed by atoms with E-state index in [4.69, 9.17) is 28.5 Å². The minimum Gasteiger partial charge on any atom is -0.481 e. The molecule has 1 atom stereocenters. The van der Waals surface area contributed by atoms with Crippen LogP contribution in [0.5, 0.6) is 0 Å². The zero-order valence-corrected chi connectivity index (χ0v) is 10.7. The highest BCUT2D eigenvalue weighted by Crippen LogP contribution is 2.36. The van der Waals surface area contributed by atoms with Crippen LogP contribution >= 0.6 is 23.2 Å². The molecule has 1 unspecified atom stereocenters. The van der Waals surface area contributed by atoms with E-state index in [1.54, 1.807) is 19.1 Å². The molecule has 1 aromatic rings. The van der Waals surface area contributed by atoms with Gasteiger partial charge in [0.2, 0.25) is 0 Å². The predicted molar refractivity (Wildman–Crippen MR) is 66.3 cm³/mol. The highest BCUT2D eigenvalue weighted by Gasteiger charge is 2.36. The SMILES string of the molecule is CC(CCC#N)(C(=O)O)c1cc(Cl)ccc1Cl. The highest BCUT2D eigenvalue weighted by molar-refractivity contribution is 6.33. The van der Waals surface area contributed by atoms with Crippen molar-refractivity contribution in [3.8, 4) is 6.07 Å². The summed E-state index contributed by atoms with van der Waals surface area (Å²) in [6.07, 6.45) is 0.338. The third kappa shape index (κ3) is 2.91. The van der Waals surface area contributed by atoms with Crippen molar-refractivity contribution in [1.29, 1.82) is 5.26 Å². The molecule has 0 amide bonds. The van der Waals surface area contributed by atoms with Crippen molar-refractivity contribution < 1.29 is 9.90 Å². The molecule has 0 aliphatic rings. The first-order chi connectivity index (χ1) is 7.91. The second kappa shape index (κ2) is 5.39. The number of aliphatic carboxylic acids is 1. The number of carbonyl (C=O) groups is 1. The maximum atomic E-state index is 11.4. The van der Waals surface area contributed by atoms with Crippen molar-refractivity contribution >= 4 is 29.2 Å². The molecular formula is C12H11Cl2NO2. The summed E-state index contributed by atoms with van der Waals surface area (Å²) in [4.78, 5) is 11.4. The van der Waals surface area contributed by atoms with E-state index in [1.165, 1.54) is 6.07 Å². The largest absolute Gasteiger partial charge is 0.481 e. The molecule has 17 heavy (non-hydrogen) atoms. The third-order valence-corrected chi connectivity index (χ3v) is 3.30. The van der Waals surface area contributed by atoms with Gasteiger partial charge < -0.3 is 5.11 Å². The fraction of sp³-hybridized carbons (Fsp3) is 0.333. The molecule has 0 aliphatic carbocycles. The lowest BCUT2D eigenvalue weighted by Gasteiger charge is -2.25. The average Bonchev–Trinajstić information content (AvgIpc) is 2.29. The fourth-order valence-electron chi connectivity index (χ4n) is 1.58. The van der Waals surface area contributed by atoms with Crippen LogP contribution in [0.1, 0.15) is 25.3 Å². The Morgan fingerprint density at radius 2 is 2.18 bits per heavy atom. The summed E-state index contributed by atoms with van der Waals surface area (Å²) in [7, 11) is 0. The van der Waals surface area contributed by atoms with Crippen LogP contribution in [-0.2, 0) is 10.2 Å². The first-order valence-electron chi connectivity index (χ1n) is 4.97. The maximum absolute atomic E-state index is 11.4. The van der Waals surface area contributed by atoms with Crippen molar-refractivity contribution in [3.05, 3.63) is 33.8 Å². The summed E-state index contributed by atoms with van der Waals surface area (Å²) in [5, 5.41) is 18.7. The minimum atomic E-state index is -1.20. The lowest BCUT2D eigenvalue weighted by atomic mass is 9.78.